The van der Waals surface area contributed by atoms with E-state index >= 15 is 0 Å². The summed E-state index contributed by atoms with van der Waals surface area (Å²) in [5, 5.41) is 3.22. The summed E-state index contributed by atoms with van der Waals surface area (Å²) >= 11 is 0. The predicted octanol–water partition coefficient (Wildman–Crippen LogP) is 3.42. The highest BCUT2D eigenvalue weighted by atomic mass is 32.2. The third kappa shape index (κ3) is 3.59. The molecular formula is C18H21FN2O2S. The van der Waals surface area contributed by atoms with E-state index in [9.17, 15) is 12.8 Å². The summed E-state index contributed by atoms with van der Waals surface area (Å²) < 4.78 is 37.0. The molecular weight excluding hydrogens is 327 g/mol. The minimum absolute atomic E-state index is 0.277. The minimum Gasteiger partial charge on any atom is -0.381 e. The molecule has 0 unspecified atom stereocenters. The summed E-state index contributed by atoms with van der Waals surface area (Å²) in [6.07, 6.45) is 5.39. The van der Waals surface area contributed by atoms with Gasteiger partial charge in [0.05, 0.1) is 0 Å². The van der Waals surface area contributed by atoms with E-state index in [1.54, 1.807) is 6.07 Å². The second-order valence-corrected chi connectivity index (χ2v) is 8.31. The molecule has 3 rings (SSSR count). The van der Waals surface area contributed by atoms with Crippen LogP contribution in [0.15, 0.2) is 29.2 Å². The standard InChI is InChI=1S/C18H21FN2O2S/c1-12-9-13(15-5-3-4-6-17(15)21-12)11-20-14-7-8-16(19)18(10-14)24(2,22)23/h7-10,20H,3-6,11H2,1-2H3. The number of anilines is 1. The summed E-state index contributed by atoms with van der Waals surface area (Å²) in [7, 11) is -3.59. The van der Waals surface area contributed by atoms with Crippen molar-refractivity contribution in [3.63, 3.8) is 0 Å². The summed E-state index contributed by atoms with van der Waals surface area (Å²) in [5.41, 5.74) is 5.24. The van der Waals surface area contributed by atoms with Gasteiger partial charge in [0.2, 0.25) is 0 Å². The van der Waals surface area contributed by atoms with Gasteiger partial charge >= 0.3 is 0 Å². The highest BCUT2D eigenvalue weighted by molar-refractivity contribution is 7.90. The number of fused-ring (bicyclic) bond motifs is 1. The van der Waals surface area contributed by atoms with E-state index in [-0.39, 0.29) is 4.90 Å². The molecule has 0 bridgehead atoms. The first-order valence-corrected chi connectivity index (χ1v) is 9.95. The second-order valence-electron chi connectivity index (χ2n) is 6.33. The molecule has 4 nitrogen and oxygen atoms in total. The SMILES string of the molecule is Cc1cc(CNc2ccc(F)c(S(C)(=O)=O)c2)c2c(n1)CCCC2. The van der Waals surface area contributed by atoms with Crippen molar-refractivity contribution in [1.82, 2.24) is 4.98 Å². The number of aryl methyl sites for hydroxylation is 2. The van der Waals surface area contributed by atoms with Crippen LogP contribution < -0.4 is 5.32 Å². The Morgan fingerprint density at radius 2 is 1.96 bits per heavy atom. The molecule has 1 aromatic carbocycles. The predicted molar refractivity (Wildman–Crippen MR) is 92.5 cm³/mol. The zero-order valence-corrected chi connectivity index (χ0v) is 14.7. The van der Waals surface area contributed by atoms with Gasteiger partial charge in [0.15, 0.2) is 9.84 Å². The molecule has 0 saturated heterocycles. The third-order valence-corrected chi connectivity index (χ3v) is 5.45. The van der Waals surface area contributed by atoms with Crippen LogP contribution in [0.4, 0.5) is 10.1 Å². The molecule has 1 N–H and O–H groups in total. The van der Waals surface area contributed by atoms with Gasteiger partial charge in [-0.15, -0.1) is 0 Å². The van der Waals surface area contributed by atoms with Crippen molar-refractivity contribution in [1.29, 1.82) is 0 Å². The molecule has 1 aliphatic carbocycles. The molecule has 1 aromatic heterocycles. The first kappa shape index (κ1) is 16.9. The summed E-state index contributed by atoms with van der Waals surface area (Å²) in [4.78, 5) is 4.35. The van der Waals surface area contributed by atoms with Gasteiger partial charge in [-0.3, -0.25) is 4.98 Å². The molecule has 6 heteroatoms. The second kappa shape index (κ2) is 6.51. The average molecular weight is 348 g/mol. The van der Waals surface area contributed by atoms with Crippen LogP contribution >= 0.6 is 0 Å². The summed E-state index contributed by atoms with van der Waals surface area (Å²) in [6.45, 7) is 2.55. The van der Waals surface area contributed by atoms with Gasteiger partial charge in [0, 0.05) is 29.9 Å². The first-order valence-electron chi connectivity index (χ1n) is 8.06. The molecule has 0 atom stereocenters. The number of hydrogen-bond acceptors (Lipinski definition) is 4. The maximum absolute atomic E-state index is 13.7. The Hall–Kier alpha value is -1.95. The van der Waals surface area contributed by atoms with Gasteiger partial charge in [0.1, 0.15) is 10.7 Å². The first-order chi connectivity index (χ1) is 11.3. The summed E-state index contributed by atoms with van der Waals surface area (Å²) in [6, 6.07) is 6.17. The van der Waals surface area contributed by atoms with Gasteiger partial charge in [-0.25, -0.2) is 12.8 Å². The van der Waals surface area contributed by atoms with Gasteiger partial charge in [-0.1, -0.05) is 0 Å². The number of halogens is 1. The van der Waals surface area contributed by atoms with Crippen molar-refractivity contribution in [2.75, 3.05) is 11.6 Å². The maximum Gasteiger partial charge on any atom is 0.178 e. The number of nitrogens with one attached hydrogen (secondary N) is 1. The molecule has 0 radical (unpaired) electrons. The minimum atomic E-state index is -3.59. The van der Waals surface area contributed by atoms with Crippen LogP contribution in [0, 0.1) is 12.7 Å². The maximum atomic E-state index is 13.7. The monoisotopic (exact) mass is 348 g/mol. The van der Waals surface area contributed by atoms with E-state index in [1.807, 2.05) is 6.92 Å². The van der Waals surface area contributed by atoms with E-state index in [0.29, 0.717) is 12.2 Å². The Kier molecular flexibility index (Phi) is 4.58. The highest BCUT2D eigenvalue weighted by Crippen LogP contribution is 2.25. The Morgan fingerprint density at radius 3 is 2.71 bits per heavy atom. The molecule has 0 amide bonds. The van der Waals surface area contributed by atoms with Gasteiger partial charge in [-0.05, 0) is 68.0 Å². The number of nitrogens with zero attached hydrogens (tertiary/aromatic N) is 1. The number of hydrogen-bond donors (Lipinski definition) is 1. The van der Waals surface area contributed by atoms with E-state index in [4.69, 9.17) is 0 Å². The Labute approximate surface area is 142 Å². The third-order valence-electron chi connectivity index (χ3n) is 4.33. The summed E-state index contributed by atoms with van der Waals surface area (Å²) in [5.74, 6) is -0.722. The lowest BCUT2D eigenvalue weighted by Gasteiger charge is -2.20. The Bertz CT molecular complexity index is 879. The van der Waals surface area contributed by atoms with E-state index in [2.05, 4.69) is 16.4 Å². The average Bonchev–Trinajstić information content (AvgIpc) is 2.52. The molecule has 128 valence electrons. The van der Waals surface area contributed by atoms with Crippen molar-refractivity contribution in [2.24, 2.45) is 0 Å². The number of rotatable bonds is 4. The van der Waals surface area contributed by atoms with Crippen LogP contribution in [0.25, 0.3) is 0 Å². The van der Waals surface area contributed by atoms with E-state index in [1.165, 1.54) is 41.8 Å². The van der Waals surface area contributed by atoms with Crippen LogP contribution in [0.2, 0.25) is 0 Å². The van der Waals surface area contributed by atoms with E-state index in [0.717, 1.165) is 24.8 Å². The lowest BCUT2D eigenvalue weighted by Crippen LogP contribution is -2.12. The van der Waals surface area contributed by atoms with Crippen LogP contribution in [-0.2, 0) is 29.2 Å². The molecule has 1 aliphatic rings. The molecule has 24 heavy (non-hydrogen) atoms. The quantitative estimate of drug-likeness (QED) is 0.920. The van der Waals surface area contributed by atoms with Crippen molar-refractivity contribution in [2.45, 2.75) is 44.0 Å². The van der Waals surface area contributed by atoms with Crippen molar-refractivity contribution < 1.29 is 12.8 Å². The fourth-order valence-corrected chi connectivity index (χ4v) is 3.96. The van der Waals surface area contributed by atoms with Crippen molar-refractivity contribution >= 4 is 15.5 Å². The lowest BCUT2D eigenvalue weighted by atomic mass is 9.91. The largest absolute Gasteiger partial charge is 0.381 e. The number of benzene rings is 1. The zero-order chi connectivity index (χ0) is 17.3. The molecule has 1 heterocycles. The molecule has 0 fully saturated rings. The van der Waals surface area contributed by atoms with Crippen LogP contribution in [-0.4, -0.2) is 19.7 Å². The number of pyridine rings is 1. The topological polar surface area (TPSA) is 59.1 Å². The van der Waals surface area contributed by atoms with Crippen LogP contribution in [0.1, 0.15) is 35.4 Å². The fourth-order valence-electron chi connectivity index (χ4n) is 3.20. The van der Waals surface area contributed by atoms with Gasteiger partial charge in [0.25, 0.3) is 0 Å². The van der Waals surface area contributed by atoms with Crippen molar-refractivity contribution in [3.05, 3.63) is 52.6 Å². The number of aromatic nitrogens is 1. The Balaban J connectivity index is 1.86. The number of sulfone groups is 1. The Morgan fingerprint density at radius 1 is 1.21 bits per heavy atom. The molecule has 0 aliphatic heterocycles. The van der Waals surface area contributed by atoms with Gasteiger partial charge in [-0.2, -0.15) is 0 Å². The van der Waals surface area contributed by atoms with Crippen molar-refractivity contribution in [3.8, 4) is 0 Å². The fraction of sp³-hybridized carbons (Fsp3) is 0.389. The highest BCUT2D eigenvalue weighted by Gasteiger charge is 2.17. The molecule has 0 spiro atoms. The van der Waals surface area contributed by atoms with Gasteiger partial charge < -0.3 is 5.32 Å². The van der Waals surface area contributed by atoms with E-state index < -0.39 is 15.7 Å². The molecule has 0 saturated carbocycles. The smallest absolute Gasteiger partial charge is 0.178 e. The molecule has 2 aromatic rings. The zero-order valence-electron chi connectivity index (χ0n) is 13.9. The van der Waals surface area contributed by atoms with Crippen LogP contribution in [0.3, 0.4) is 0 Å². The lowest BCUT2D eigenvalue weighted by molar-refractivity contribution is 0.571. The normalized spacial score (nSPS) is 14.3. The van der Waals surface area contributed by atoms with Crippen LogP contribution in [0.5, 0.6) is 0 Å².